The van der Waals surface area contributed by atoms with Crippen LogP contribution in [0.2, 0.25) is 0 Å². The Balaban J connectivity index is 2.25. The van der Waals surface area contributed by atoms with Crippen molar-refractivity contribution < 1.29 is 9.90 Å². The molecule has 2 atom stereocenters. The Hall–Kier alpha value is -1.69. The summed E-state index contributed by atoms with van der Waals surface area (Å²) in [7, 11) is 0. The molecule has 110 valence electrons. The largest absolute Gasteiger partial charge is 0.394 e. The third-order valence-electron chi connectivity index (χ3n) is 3.85. The van der Waals surface area contributed by atoms with E-state index in [1.165, 1.54) is 16.8 Å². The summed E-state index contributed by atoms with van der Waals surface area (Å²) in [5, 5.41) is 13.5. The lowest BCUT2D eigenvalue weighted by atomic mass is 10.0. The number of likely N-dealkylation sites (tertiary alicyclic amines) is 1. The lowest BCUT2D eigenvalue weighted by Gasteiger charge is -2.24. The topological polar surface area (TPSA) is 75.4 Å². The van der Waals surface area contributed by atoms with Crippen molar-refractivity contribution in [2.45, 2.75) is 39.3 Å². The van der Waals surface area contributed by atoms with Gasteiger partial charge in [-0.15, -0.1) is 0 Å². The molecule has 6 heteroatoms. The van der Waals surface area contributed by atoms with E-state index in [0.717, 1.165) is 12.8 Å². The number of aromatic nitrogens is 2. The highest BCUT2D eigenvalue weighted by molar-refractivity contribution is 5.92. The molecule has 0 saturated carbocycles. The summed E-state index contributed by atoms with van der Waals surface area (Å²) in [6.45, 7) is 5.06. The Bertz CT molecular complexity index is 541. The van der Waals surface area contributed by atoms with Crippen molar-refractivity contribution in [1.82, 2.24) is 14.7 Å². The smallest absolute Gasteiger partial charge is 0.274 e. The number of amides is 1. The molecule has 2 rings (SSSR count). The van der Waals surface area contributed by atoms with Crippen LogP contribution in [0.3, 0.4) is 0 Å². The van der Waals surface area contributed by atoms with Crippen LogP contribution in [0, 0.1) is 5.92 Å². The molecule has 1 aliphatic heterocycles. The Kier molecular flexibility index (Phi) is 4.54. The maximum absolute atomic E-state index is 12.5. The third-order valence-corrected chi connectivity index (χ3v) is 3.85. The van der Waals surface area contributed by atoms with Crippen molar-refractivity contribution in [3.8, 4) is 0 Å². The van der Waals surface area contributed by atoms with E-state index in [0.29, 0.717) is 13.1 Å². The second kappa shape index (κ2) is 6.17. The maximum atomic E-state index is 12.5. The zero-order valence-corrected chi connectivity index (χ0v) is 12.0. The molecule has 1 amide bonds. The fraction of sp³-hybridized carbons (Fsp3) is 0.643. The van der Waals surface area contributed by atoms with E-state index in [4.69, 9.17) is 0 Å². The second-order valence-corrected chi connectivity index (χ2v) is 5.29. The molecule has 2 heterocycles. The highest BCUT2D eigenvalue weighted by Gasteiger charge is 2.34. The van der Waals surface area contributed by atoms with Crippen LogP contribution in [0.5, 0.6) is 0 Å². The van der Waals surface area contributed by atoms with Crippen LogP contribution in [0.4, 0.5) is 0 Å². The standard InChI is InChI=1S/C14H21N3O3/c1-3-7-17-13(19)5-4-11(15-17)14(20)16-8-6-10(2)12(16)9-18/h4-5,10,12,18H,3,6-9H2,1-2H3. The van der Waals surface area contributed by atoms with Crippen LogP contribution >= 0.6 is 0 Å². The first-order chi connectivity index (χ1) is 9.58. The van der Waals surface area contributed by atoms with Crippen molar-refractivity contribution in [1.29, 1.82) is 0 Å². The van der Waals surface area contributed by atoms with E-state index < -0.39 is 0 Å². The number of aryl methyl sites for hydroxylation is 1. The predicted octanol–water partition coefficient (Wildman–Crippen LogP) is 0.496. The molecule has 0 aliphatic carbocycles. The number of hydrogen-bond acceptors (Lipinski definition) is 4. The van der Waals surface area contributed by atoms with E-state index in [1.807, 2.05) is 13.8 Å². The van der Waals surface area contributed by atoms with Gasteiger partial charge in [-0.05, 0) is 24.8 Å². The molecule has 1 N–H and O–H groups in total. The van der Waals surface area contributed by atoms with Crippen molar-refractivity contribution in [2.24, 2.45) is 5.92 Å². The fourth-order valence-corrected chi connectivity index (χ4v) is 2.62. The minimum absolute atomic E-state index is 0.0402. The second-order valence-electron chi connectivity index (χ2n) is 5.29. The summed E-state index contributed by atoms with van der Waals surface area (Å²) in [6.07, 6.45) is 1.66. The van der Waals surface area contributed by atoms with Crippen LogP contribution in [0.1, 0.15) is 37.2 Å². The van der Waals surface area contributed by atoms with Gasteiger partial charge in [-0.1, -0.05) is 13.8 Å². The first-order valence-electron chi connectivity index (χ1n) is 7.08. The van der Waals surface area contributed by atoms with E-state index in [1.54, 1.807) is 4.90 Å². The lowest BCUT2D eigenvalue weighted by molar-refractivity contribution is 0.0639. The average Bonchev–Trinajstić information content (AvgIpc) is 2.81. The summed E-state index contributed by atoms with van der Waals surface area (Å²) < 4.78 is 1.32. The minimum Gasteiger partial charge on any atom is -0.394 e. The average molecular weight is 279 g/mol. The number of nitrogens with zero attached hydrogens (tertiary/aromatic N) is 3. The molecular formula is C14H21N3O3. The van der Waals surface area contributed by atoms with Crippen molar-refractivity contribution in [3.05, 3.63) is 28.2 Å². The molecule has 1 saturated heterocycles. The predicted molar refractivity (Wildman–Crippen MR) is 74.5 cm³/mol. The van der Waals surface area contributed by atoms with Crippen molar-refractivity contribution in [3.63, 3.8) is 0 Å². The molecular weight excluding hydrogens is 258 g/mol. The van der Waals surface area contributed by atoms with Crippen LogP contribution in [0.15, 0.2) is 16.9 Å². The van der Waals surface area contributed by atoms with Crippen molar-refractivity contribution in [2.75, 3.05) is 13.2 Å². The summed E-state index contributed by atoms with van der Waals surface area (Å²) >= 11 is 0. The van der Waals surface area contributed by atoms with Gasteiger partial charge in [0.1, 0.15) is 5.69 Å². The molecule has 2 unspecified atom stereocenters. The van der Waals surface area contributed by atoms with Gasteiger partial charge in [-0.25, -0.2) is 4.68 Å². The molecule has 0 aromatic carbocycles. The zero-order valence-electron chi connectivity index (χ0n) is 12.0. The minimum atomic E-state index is -0.210. The SMILES string of the molecule is CCCn1nc(C(=O)N2CCC(C)C2CO)ccc1=O. The van der Waals surface area contributed by atoms with Gasteiger partial charge < -0.3 is 10.0 Å². The molecule has 6 nitrogen and oxygen atoms in total. The van der Waals surface area contributed by atoms with E-state index >= 15 is 0 Å². The van der Waals surface area contributed by atoms with Crippen LogP contribution in [-0.2, 0) is 6.54 Å². The Morgan fingerprint density at radius 1 is 1.50 bits per heavy atom. The Labute approximate surface area is 118 Å². The number of carbonyl (C=O) groups is 1. The van der Waals surface area contributed by atoms with Crippen LogP contribution in [-0.4, -0.2) is 44.9 Å². The van der Waals surface area contributed by atoms with Crippen LogP contribution in [0.25, 0.3) is 0 Å². The number of aliphatic hydroxyl groups is 1. The van der Waals surface area contributed by atoms with Crippen molar-refractivity contribution >= 4 is 5.91 Å². The van der Waals surface area contributed by atoms with Gasteiger partial charge in [-0.3, -0.25) is 9.59 Å². The van der Waals surface area contributed by atoms with Gasteiger partial charge in [0, 0.05) is 19.2 Å². The Morgan fingerprint density at radius 2 is 2.25 bits per heavy atom. The van der Waals surface area contributed by atoms with Crippen LogP contribution < -0.4 is 5.56 Å². The Morgan fingerprint density at radius 3 is 2.90 bits per heavy atom. The van der Waals surface area contributed by atoms with Gasteiger partial charge in [0.15, 0.2) is 0 Å². The van der Waals surface area contributed by atoms with Gasteiger partial charge in [0.25, 0.3) is 11.5 Å². The normalized spacial score (nSPS) is 22.2. The number of carbonyl (C=O) groups excluding carboxylic acids is 1. The molecule has 0 bridgehead atoms. The van der Waals surface area contributed by atoms with E-state index in [2.05, 4.69) is 5.10 Å². The van der Waals surface area contributed by atoms with Gasteiger partial charge in [-0.2, -0.15) is 5.10 Å². The molecule has 20 heavy (non-hydrogen) atoms. The van der Waals surface area contributed by atoms with Gasteiger partial charge in [0.2, 0.25) is 0 Å². The molecule has 0 radical (unpaired) electrons. The molecule has 1 aromatic heterocycles. The number of rotatable bonds is 4. The zero-order chi connectivity index (χ0) is 14.7. The van der Waals surface area contributed by atoms with Gasteiger partial charge in [0.05, 0.1) is 12.6 Å². The summed E-state index contributed by atoms with van der Waals surface area (Å²) in [5.41, 5.74) is 0.0718. The van der Waals surface area contributed by atoms with Gasteiger partial charge >= 0.3 is 0 Å². The quantitative estimate of drug-likeness (QED) is 0.870. The first-order valence-corrected chi connectivity index (χ1v) is 7.08. The fourth-order valence-electron chi connectivity index (χ4n) is 2.62. The monoisotopic (exact) mass is 279 g/mol. The molecule has 1 fully saturated rings. The molecule has 1 aromatic rings. The first kappa shape index (κ1) is 14.7. The summed E-state index contributed by atoms with van der Waals surface area (Å²) in [6, 6.07) is 2.69. The highest BCUT2D eigenvalue weighted by atomic mass is 16.3. The number of hydrogen-bond donors (Lipinski definition) is 1. The number of aliphatic hydroxyl groups excluding tert-OH is 1. The summed E-state index contributed by atoms with van der Waals surface area (Å²) in [5.74, 6) is 0.0729. The third kappa shape index (κ3) is 2.75. The highest BCUT2D eigenvalue weighted by Crippen LogP contribution is 2.24. The molecule has 1 aliphatic rings. The van der Waals surface area contributed by atoms with E-state index in [-0.39, 0.29) is 35.7 Å². The lowest BCUT2D eigenvalue weighted by Crippen LogP contribution is -2.41. The maximum Gasteiger partial charge on any atom is 0.274 e. The molecule has 0 spiro atoms. The summed E-state index contributed by atoms with van der Waals surface area (Å²) in [4.78, 5) is 25.7. The van der Waals surface area contributed by atoms with E-state index in [9.17, 15) is 14.7 Å².